The highest BCUT2D eigenvalue weighted by Gasteiger charge is 2.45. The molecule has 2 aliphatic rings. The van der Waals surface area contributed by atoms with Crippen LogP contribution in [0.5, 0.6) is 0 Å². The van der Waals surface area contributed by atoms with Crippen molar-refractivity contribution in [2.24, 2.45) is 0 Å². The molecule has 2 N–H and O–H groups in total. The van der Waals surface area contributed by atoms with E-state index in [0.29, 0.717) is 24.4 Å². The van der Waals surface area contributed by atoms with Gasteiger partial charge in [-0.1, -0.05) is 24.3 Å². The van der Waals surface area contributed by atoms with E-state index >= 15 is 0 Å². The van der Waals surface area contributed by atoms with Crippen molar-refractivity contribution in [1.82, 2.24) is 29.8 Å². The molecule has 2 atom stereocenters. The molecule has 27 heavy (non-hydrogen) atoms. The molecule has 0 saturated carbocycles. The van der Waals surface area contributed by atoms with Crippen molar-refractivity contribution in [3.05, 3.63) is 59.7 Å². The van der Waals surface area contributed by atoms with Crippen LogP contribution >= 0.6 is 0 Å². The topological polar surface area (TPSA) is 95.7 Å². The van der Waals surface area contributed by atoms with Gasteiger partial charge in [0.15, 0.2) is 0 Å². The molecule has 0 unspecified atom stereocenters. The molecule has 3 aromatic rings. The van der Waals surface area contributed by atoms with E-state index in [1.54, 1.807) is 17.2 Å². The van der Waals surface area contributed by atoms with Crippen molar-refractivity contribution >= 4 is 11.7 Å². The van der Waals surface area contributed by atoms with E-state index < -0.39 is 6.10 Å². The van der Waals surface area contributed by atoms with Crippen LogP contribution in [0.2, 0.25) is 0 Å². The summed E-state index contributed by atoms with van der Waals surface area (Å²) in [5, 5.41) is 18.6. The van der Waals surface area contributed by atoms with Crippen LogP contribution < -0.4 is 5.32 Å². The lowest BCUT2D eigenvalue weighted by Crippen LogP contribution is -2.65. The first-order valence-corrected chi connectivity index (χ1v) is 9.10. The number of hydrogen-bond donors (Lipinski definition) is 2. The molecule has 2 aromatic heterocycles. The van der Waals surface area contributed by atoms with Gasteiger partial charge in [0, 0.05) is 25.8 Å². The summed E-state index contributed by atoms with van der Waals surface area (Å²) in [4.78, 5) is 22.8. The van der Waals surface area contributed by atoms with Gasteiger partial charge in [0.2, 0.25) is 0 Å². The number of fused-ring (bicyclic) bond motifs is 2. The van der Waals surface area contributed by atoms with Crippen molar-refractivity contribution in [3.63, 3.8) is 0 Å². The molecule has 138 valence electrons. The third-order valence-corrected chi connectivity index (χ3v) is 5.80. The maximum Gasteiger partial charge on any atom is 0.272 e. The Morgan fingerprint density at radius 2 is 2.07 bits per heavy atom. The summed E-state index contributed by atoms with van der Waals surface area (Å²) in [6, 6.07) is 9.95. The van der Waals surface area contributed by atoms with Crippen LogP contribution in [0.15, 0.2) is 42.9 Å². The molecule has 5 rings (SSSR count). The largest absolute Gasteiger partial charge is 0.389 e. The van der Waals surface area contributed by atoms with Crippen LogP contribution in [-0.2, 0) is 13.0 Å². The zero-order valence-corrected chi connectivity index (χ0v) is 14.7. The molecule has 0 aliphatic carbocycles. The van der Waals surface area contributed by atoms with Crippen molar-refractivity contribution in [1.29, 1.82) is 0 Å². The quantitative estimate of drug-likeness (QED) is 0.650. The fourth-order valence-corrected chi connectivity index (χ4v) is 4.21. The Morgan fingerprint density at radius 1 is 1.22 bits per heavy atom. The molecular formula is C19H20N6O2. The van der Waals surface area contributed by atoms with Crippen molar-refractivity contribution < 1.29 is 9.90 Å². The molecule has 1 saturated heterocycles. The first kappa shape index (κ1) is 16.3. The van der Waals surface area contributed by atoms with Crippen molar-refractivity contribution in [3.8, 4) is 0 Å². The summed E-state index contributed by atoms with van der Waals surface area (Å²) in [6.07, 6.45) is 3.76. The van der Waals surface area contributed by atoms with Gasteiger partial charge < -0.3 is 15.3 Å². The lowest BCUT2D eigenvalue weighted by molar-refractivity contribution is -0.0141. The number of β-amino-alcohol motifs (C(OH)–C–C–N with tert-alkyl or cyclic N) is 1. The molecule has 8 nitrogen and oxygen atoms in total. The highest BCUT2D eigenvalue weighted by molar-refractivity contribution is 5.93. The van der Waals surface area contributed by atoms with Crippen LogP contribution in [0.25, 0.3) is 5.78 Å². The number of benzene rings is 1. The second kappa shape index (κ2) is 6.11. The predicted octanol–water partition coefficient (Wildman–Crippen LogP) is 0.416. The van der Waals surface area contributed by atoms with Gasteiger partial charge >= 0.3 is 0 Å². The molecule has 0 radical (unpaired) electrons. The van der Waals surface area contributed by atoms with Crippen molar-refractivity contribution in [2.45, 2.75) is 31.0 Å². The molecule has 8 heteroatoms. The number of hydrogen-bond acceptors (Lipinski definition) is 6. The van der Waals surface area contributed by atoms with E-state index in [2.05, 4.69) is 32.5 Å². The second-order valence-corrected chi connectivity index (χ2v) is 7.27. The highest BCUT2D eigenvalue weighted by atomic mass is 16.3. The number of amides is 1. The maximum atomic E-state index is 13.0. The van der Waals surface area contributed by atoms with Gasteiger partial charge in [0.05, 0.1) is 11.6 Å². The zero-order chi connectivity index (χ0) is 18.4. The maximum absolute atomic E-state index is 13.0. The molecule has 4 heterocycles. The Balaban J connectivity index is 1.37. The molecule has 2 aliphatic heterocycles. The van der Waals surface area contributed by atoms with E-state index in [9.17, 15) is 9.90 Å². The Bertz CT molecular complexity index is 1020. The number of aliphatic hydroxyl groups is 1. The fourth-order valence-electron chi connectivity index (χ4n) is 4.21. The number of carbonyl (C=O) groups is 1. The number of aliphatic hydroxyl groups excluding tert-OH is 1. The number of aromatic nitrogens is 4. The minimum absolute atomic E-state index is 0.169. The minimum atomic E-state index is -0.642. The average Bonchev–Trinajstić information content (AvgIpc) is 3.18. The van der Waals surface area contributed by atoms with Crippen LogP contribution in [0.1, 0.15) is 28.0 Å². The van der Waals surface area contributed by atoms with E-state index in [1.807, 2.05) is 12.1 Å². The summed E-state index contributed by atoms with van der Waals surface area (Å²) in [5.74, 6) is 0.221. The average molecular weight is 364 g/mol. The van der Waals surface area contributed by atoms with Gasteiger partial charge in [0.1, 0.15) is 12.0 Å². The fraction of sp³-hybridized carbons (Fsp3) is 0.368. The first-order valence-electron chi connectivity index (χ1n) is 9.10. The molecule has 1 aromatic carbocycles. The lowest BCUT2D eigenvalue weighted by Gasteiger charge is -2.48. The predicted molar refractivity (Wildman–Crippen MR) is 97.0 cm³/mol. The van der Waals surface area contributed by atoms with Gasteiger partial charge in [-0.05, 0) is 30.0 Å². The number of likely N-dealkylation sites (tertiary alicyclic amines) is 1. The molecular weight excluding hydrogens is 344 g/mol. The number of nitrogens with zero attached hydrogens (tertiary/aromatic N) is 5. The van der Waals surface area contributed by atoms with Crippen molar-refractivity contribution in [2.75, 3.05) is 13.1 Å². The SMILES string of the molecule is O=C(c1ccnc2ncnn12)N1CC[C@]2(Cc3ccccc3CN2)[C@H](O)C1. The number of carbonyl (C=O) groups excluding carboxylic acids is 1. The van der Waals surface area contributed by atoms with Crippen LogP contribution in [0, 0.1) is 0 Å². The van der Waals surface area contributed by atoms with E-state index in [-0.39, 0.29) is 18.0 Å². The highest BCUT2D eigenvalue weighted by Crippen LogP contribution is 2.32. The third kappa shape index (κ3) is 2.60. The van der Waals surface area contributed by atoms with E-state index in [0.717, 1.165) is 13.0 Å². The smallest absolute Gasteiger partial charge is 0.272 e. The monoisotopic (exact) mass is 364 g/mol. The van der Waals surface area contributed by atoms with Gasteiger partial charge in [0.25, 0.3) is 11.7 Å². The molecule has 1 fully saturated rings. The van der Waals surface area contributed by atoms with E-state index in [4.69, 9.17) is 0 Å². The standard InChI is InChI=1S/C19H20N6O2/c26-16-11-24(17(27)15-5-7-20-18-21-12-23-25(15)18)8-6-19(16)9-13-3-1-2-4-14(13)10-22-19/h1-5,7,12,16,22,26H,6,8-11H2/t16-,19+/m1/s1. The van der Waals surface area contributed by atoms with Crippen LogP contribution in [0.3, 0.4) is 0 Å². The Morgan fingerprint density at radius 3 is 2.93 bits per heavy atom. The Kier molecular flexibility index (Phi) is 3.70. The summed E-state index contributed by atoms with van der Waals surface area (Å²) < 4.78 is 1.44. The normalized spacial score (nSPS) is 24.9. The van der Waals surface area contributed by atoms with Gasteiger partial charge in [-0.3, -0.25) is 4.79 Å². The first-order chi connectivity index (χ1) is 13.2. The molecule has 1 spiro atoms. The van der Waals surface area contributed by atoms with Gasteiger partial charge in [-0.25, -0.2) is 4.98 Å². The summed E-state index contributed by atoms with van der Waals surface area (Å²) in [6.45, 7) is 1.60. The minimum Gasteiger partial charge on any atom is -0.389 e. The zero-order valence-electron chi connectivity index (χ0n) is 14.7. The summed E-state index contributed by atoms with van der Waals surface area (Å²) in [5.41, 5.74) is 2.57. The van der Waals surface area contributed by atoms with Crippen LogP contribution in [0.4, 0.5) is 0 Å². The lowest BCUT2D eigenvalue weighted by atomic mass is 9.76. The Labute approximate surface area is 155 Å². The summed E-state index contributed by atoms with van der Waals surface area (Å²) >= 11 is 0. The third-order valence-electron chi connectivity index (χ3n) is 5.80. The Hall–Kier alpha value is -2.84. The summed E-state index contributed by atoms with van der Waals surface area (Å²) in [7, 11) is 0. The van der Waals surface area contributed by atoms with Gasteiger partial charge in [-0.15, -0.1) is 0 Å². The molecule has 1 amide bonds. The molecule has 0 bridgehead atoms. The van der Waals surface area contributed by atoms with E-state index in [1.165, 1.54) is 22.0 Å². The number of rotatable bonds is 1. The van der Waals surface area contributed by atoms with Gasteiger partial charge in [-0.2, -0.15) is 14.6 Å². The number of nitrogens with one attached hydrogen (secondary N) is 1. The number of piperidine rings is 1. The van der Waals surface area contributed by atoms with Crippen LogP contribution in [-0.4, -0.2) is 60.2 Å². The second-order valence-electron chi connectivity index (χ2n) is 7.27.